The second-order valence-corrected chi connectivity index (χ2v) is 6.17. The van der Waals surface area contributed by atoms with Gasteiger partial charge in [0.25, 0.3) is 0 Å². The van der Waals surface area contributed by atoms with Gasteiger partial charge in [0.2, 0.25) is 0 Å². The summed E-state index contributed by atoms with van der Waals surface area (Å²) in [6.07, 6.45) is 0. The first-order valence-corrected chi connectivity index (χ1v) is 7.57. The molecule has 0 fully saturated rings. The van der Waals surface area contributed by atoms with Crippen molar-refractivity contribution in [3.05, 3.63) is 68.4 Å². The summed E-state index contributed by atoms with van der Waals surface area (Å²) in [5.74, 6) is -0.226. The summed E-state index contributed by atoms with van der Waals surface area (Å²) in [6, 6.07) is 13.6. The van der Waals surface area contributed by atoms with Crippen molar-refractivity contribution < 1.29 is 4.39 Å². The van der Waals surface area contributed by atoms with E-state index < -0.39 is 0 Å². The van der Waals surface area contributed by atoms with Gasteiger partial charge in [-0.05, 0) is 58.2 Å². The molecule has 1 N–H and O–H groups in total. The number of halogens is 3. The maximum Gasteiger partial charge on any atom is 0.137 e. The van der Waals surface area contributed by atoms with E-state index in [1.54, 1.807) is 12.1 Å². The van der Waals surface area contributed by atoms with E-state index >= 15 is 0 Å². The minimum absolute atomic E-state index is 0.222. The molecule has 0 amide bonds. The van der Waals surface area contributed by atoms with E-state index in [2.05, 4.69) is 56.2 Å². The zero-order chi connectivity index (χ0) is 13.8. The molecule has 19 heavy (non-hydrogen) atoms. The van der Waals surface area contributed by atoms with Crippen LogP contribution < -0.4 is 5.32 Å². The molecule has 0 aliphatic heterocycles. The lowest BCUT2D eigenvalue weighted by molar-refractivity contribution is 0.568. The molecule has 4 heteroatoms. The van der Waals surface area contributed by atoms with Crippen LogP contribution in [0.1, 0.15) is 24.1 Å². The van der Waals surface area contributed by atoms with E-state index in [0.717, 1.165) is 10.0 Å². The van der Waals surface area contributed by atoms with E-state index in [0.29, 0.717) is 11.0 Å². The fourth-order valence-electron chi connectivity index (χ4n) is 1.79. The van der Waals surface area contributed by atoms with Gasteiger partial charge in [-0.3, -0.25) is 0 Å². The minimum atomic E-state index is -0.226. The standard InChI is InChI=1S/C15H14Br2FN/c1-10(12-3-5-13(16)6-4-12)19-9-11-2-7-14(17)15(18)8-11/h2-8,10,19H,9H2,1H3. The number of hydrogen-bond donors (Lipinski definition) is 1. The topological polar surface area (TPSA) is 12.0 Å². The minimum Gasteiger partial charge on any atom is -0.306 e. The molecule has 0 heterocycles. The van der Waals surface area contributed by atoms with Crippen LogP contribution in [-0.2, 0) is 6.54 Å². The first-order chi connectivity index (χ1) is 9.06. The molecule has 1 nitrogen and oxygen atoms in total. The Morgan fingerprint density at radius 3 is 2.42 bits per heavy atom. The lowest BCUT2D eigenvalue weighted by atomic mass is 10.1. The van der Waals surface area contributed by atoms with Crippen molar-refractivity contribution in [2.45, 2.75) is 19.5 Å². The van der Waals surface area contributed by atoms with Gasteiger partial charge in [-0.25, -0.2) is 4.39 Å². The largest absolute Gasteiger partial charge is 0.306 e. The van der Waals surface area contributed by atoms with Crippen molar-refractivity contribution in [2.75, 3.05) is 0 Å². The van der Waals surface area contributed by atoms with Crippen LogP contribution in [-0.4, -0.2) is 0 Å². The number of hydrogen-bond acceptors (Lipinski definition) is 1. The van der Waals surface area contributed by atoms with E-state index in [1.807, 2.05) is 18.2 Å². The molecule has 0 radical (unpaired) electrons. The van der Waals surface area contributed by atoms with Crippen molar-refractivity contribution in [2.24, 2.45) is 0 Å². The molecular weight excluding hydrogens is 373 g/mol. The van der Waals surface area contributed by atoms with Crippen LogP contribution in [0.3, 0.4) is 0 Å². The van der Waals surface area contributed by atoms with E-state index in [9.17, 15) is 4.39 Å². The smallest absolute Gasteiger partial charge is 0.137 e. The molecule has 2 rings (SSSR count). The fraction of sp³-hybridized carbons (Fsp3) is 0.200. The lowest BCUT2D eigenvalue weighted by Crippen LogP contribution is -2.18. The van der Waals surface area contributed by atoms with E-state index in [-0.39, 0.29) is 11.9 Å². The summed E-state index contributed by atoms with van der Waals surface area (Å²) in [5.41, 5.74) is 2.14. The van der Waals surface area contributed by atoms with Gasteiger partial charge in [0.1, 0.15) is 5.82 Å². The quantitative estimate of drug-likeness (QED) is 0.761. The Balaban J connectivity index is 1.98. The Hall–Kier alpha value is -0.710. The maximum absolute atomic E-state index is 13.4. The third-order valence-corrected chi connectivity index (χ3v) is 4.14. The summed E-state index contributed by atoms with van der Waals surface area (Å²) in [6.45, 7) is 2.74. The lowest BCUT2D eigenvalue weighted by Gasteiger charge is -2.14. The normalized spacial score (nSPS) is 12.4. The molecule has 2 aromatic carbocycles. The Labute approximate surface area is 129 Å². The van der Waals surface area contributed by atoms with E-state index in [1.165, 1.54) is 5.56 Å². The molecule has 0 aromatic heterocycles. The van der Waals surface area contributed by atoms with Gasteiger partial charge in [0.15, 0.2) is 0 Å². The van der Waals surface area contributed by atoms with Crippen LogP contribution in [0.25, 0.3) is 0 Å². The van der Waals surface area contributed by atoms with Crippen LogP contribution in [0.15, 0.2) is 51.4 Å². The predicted octanol–water partition coefficient (Wildman–Crippen LogP) is 5.20. The zero-order valence-electron chi connectivity index (χ0n) is 10.5. The molecular formula is C15H14Br2FN. The Morgan fingerprint density at radius 2 is 1.79 bits per heavy atom. The molecule has 0 bridgehead atoms. The molecule has 0 aliphatic carbocycles. The summed E-state index contributed by atoms with van der Waals surface area (Å²) in [4.78, 5) is 0. The van der Waals surface area contributed by atoms with Crippen LogP contribution in [0.2, 0.25) is 0 Å². The van der Waals surface area contributed by atoms with Crippen molar-refractivity contribution in [3.63, 3.8) is 0 Å². The number of nitrogens with one attached hydrogen (secondary N) is 1. The van der Waals surface area contributed by atoms with Gasteiger partial charge in [-0.15, -0.1) is 0 Å². The van der Waals surface area contributed by atoms with Crippen LogP contribution in [0.4, 0.5) is 4.39 Å². The van der Waals surface area contributed by atoms with Crippen LogP contribution in [0, 0.1) is 5.82 Å². The van der Waals surface area contributed by atoms with Crippen LogP contribution in [0.5, 0.6) is 0 Å². The second-order valence-electron chi connectivity index (χ2n) is 4.40. The first-order valence-electron chi connectivity index (χ1n) is 5.99. The highest BCUT2D eigenvalue weighted by atomic mass is 79.9. The molecule has 2 aromatic rings. The van der Waals surface area contributed by atoms with Crippen molar-refractivity contribution in [1.29, 1.82) is 0 Å². The SMILES string of the molecule is CC(NCc1ccc(Br)c(F)c1)c1ccc(Br)cc1. The monoisotopic (exact) mass is 385 g/mol. The van der Waals surface area contributed by atoms with Gasteiger partial charge in [-0.1, -0.05) is 34.1 Å². The molecule has 100 valence electrons. The first kappa shape index (κ1) is 14.7. The van der Waals surface area contributed by atoms with Crippen molar-refractivity contribution in [1.82, 2.24) is 5.32 Å². The summed E-state index contributed by atoms with van der Waals surface area (Å²) in [7, 11) is 0. The zero-order valence-corrected chi connectivity index (χ0v) is 13.6. The summed E-state index contributed by atoms with van der Waals surface area (Å²) >= 11 is 6.57. The third kappa shape index (κ3) is 4.13. The average Bonchev–Trinajstić information content (AvgIpc) is 2.40. The van der Waals surface area contributed by atoms with Crippen molar-refractivity contribution in [3.8, 4) is 0 Å². The highest BCUT2D eigenvalue weighted by Gasteiger charge is 2.06. The average molecular weight is 387 g/mol. The fourth-order valence-corrected chi connectivity index (χ4v) is 2.30. The highest BCUT2D eigenvalue weighted by Crippen LogP contribution is 2.19. The Kier molecular flexibility index (Phi) is 5.13. The number of rotatable bonds is 4. The molecule has 0 saturated heterocycles. The third-order valence-electron chi connectivity index (χ3n) is 2.97. The van der Waals surface area contributed by atoms with Gasteiger partial charge in [0, 0.05) is 17.1 Å². The summed E-state index contributed by atoms with van der Waals surface area (Å²) in [5, 5.41) is 3.38. The van der Waals surface area contributed by atoms with Gasteiger partial charge >= 0.3 is 0 Å². The predicted molar refractivity (Wildman–Crippen MR) is 83.5 cm³/mol. The molecule has 0 spiro atoms. The van der Waals surface area contributed by atoms with Gasteiger partial charge in [0.05, 0.1) is 4.47 Å². The van der Waals surface area contributed by atoms with Gasteiger partial charge < -0.3 is 5.32 Å². The van der Waals surface area contributed by atoms with E-state index in [4.69, 9.17) is 0 Å². The van der Waals surface area contributed by atoms with Crippen LogP contribution >= 0.6 is 31.9 Å². The Morgan fingerprint density at radius 1 is 1.11 bits per heavy atom. The van der Waals surface area contributed by atoms with Crippen molar-refractivity contribution >= 4 is 31.9 Å². The molecule has 0 saturated carbocycles. The molecule has 1 unspecified atom stereocenters. The van der Waals surface area contributed by atoms with Gasteiger partial charge in [-0.2, -0.15) is 0 Å². The molecule has 0 aliphatic rings. The summed E-state index contributed by atoms with van der Waals surface area (Å²) < 4.78 is 15.0. The second kappa shape index (κ2) is 6.64. The number of benzene rings is 2. The maximum atomic E-state index is 13.4. The highest BCUT2D eigenvalue weighted by molar-refractivity contribution is 9.10. The Bertz CT molecular complexity index is 555. The molecule has 1 atom stereocenters.